The van der Waals surface area contributed by atoms with Gasteiger partial charge in [0.05, 0.1) is 24.1 Å². The molecule has 0 bridgehead atoms. The van der Waals surface area contributed by atoms with E-state index in [1.807, 2.05) is 6.07 Å². The number of hydrogen-bond donors (Lipinski definition) is 2. The molecule has 1 aliphatic carbocycles. The maximum Gasteiger partial charge on any atom is 0.307 e. The van der Waals surface area contributed by atoms with E-state index in [1.165, 1.54) is 0 Å². The monoisotopic (exact) mass is 251 g/mol. The molecule has 1 aromatic rings. The summed E-state index contributed by atoms with van der Waals surface area (Å²) in [5.41, 5.74) is 0.427. The number of carboxylic acids is 1. The molecule has 6 nitrogen and oxygen atoms in total. The van der Waals surface area contributed by atoms with Crippen LogP contribution >= 0.6 is 0 Å². The lowest BCUT2D eigenvalue weighted by Gasteiger charge is -2.06. The van der Waals surface area contributed by atoms with Crippen molar-refractivity contribution in [3.8, 4) is 0 Å². The second-order valence-corrected chi connectivity index (χ2v) is 5.28. The minimum Gasteiger partial charge on any atom is -0.481 e. The first-order valence-electron chi connectivity index (χ1n) is 5.83. The van der Waals surface area contributed by atoms with Crippen LogP contribution in [0.1, 0.15) is 19.5 Å². The highest BCUT2D eigenvalue weighted by molar-refractivity contribution is 5.91. The predicted molar refractivity (Wildman–Crippen MR) is 63.5 cm³/mol. The van der Waals surface area contributed by atoms with Gasteiger partial charge in [0.25, 0.3) is 0 Å². The number of carbonyl (C=O) groups excluding carboxylic acids is 1. The molecule has 1 fully saturated rings. The van der Waals surface area contributed by atoms with Crippen molar-refractivity contribution in [2.75, 3.05) is 0 Å². The molecule has 0 saturated heterocycles. The number of hydrogen-bond acceptors (Lipinski definition) is 3. The molecule has 0 spiro atoms. The molecule has 0 aromatic carbocycles. The summed E-state index contributed by atoms with van der Waals surface area (Å²) in [4.78, 5) is 22.9. The molecule has 2 rings (SSSR count). The van der Waals surface area contributed by atoms with E-state index in [-0.39, 0.29) is 5.91 Å². The topological polar surface area (TPSA) is 84.2 Å². The first-order valence-corrected chi connectivity index (χ1v) is 5.83. The quantitative estimate of drug-likeness (QED) is 0.811. The van der Waals surface area contributed by atoms with E-state index >= 15 is 0 Å². The number of nitrogens with one attached hydrogen (secondary N) is 1. The van der Waals surface area contributed by atoms with Crippen LogP contribution in [-0.4, -0.2) is 26.8 Å². The molecule has 2 unspecified atom stereocenters. The second-order valence-electron chi connectivity index (χ2n) is 5.28. The molecular formula is C12H17N3O3. The number of carboxylic acid groups (broad SMARTS) is 1. The smallest absolute Gasteiger partial charge is 0.307 e. The highest BCUT2D eigenvalue weighted by Gasteiger charge is 2.65. The molecule has 98 valence electrons. The lowest BCUT2D eigenvalue weighted by Crippen LogP contribution is -2.27. The van der Waals surface area contributed by atoms with Crippen molar-refractivity contribution in [1.82, 2.24) is 15.1 Å². The maximum atomic E-state index is 11.9. The van der Waals surface area contributed by atoms with Crippen molar-refractivity contribution in [1.29, 1.82) is 0 Å². The van der Waals surface area contributed by atoms with Crippen LogP contribution in [0.5, 0.6) is 0 Å². The van der Waals surface area contributed by atoms with Crippen LogP contribution in [0.25, 0.3) is 0 Å². The van der Waals surface area contributed by atoms with Gasteiger partial charge in [-0.2, -0.15) is 5.10 Å². The van der Waals surface area contributed by atoms with Gasteiger partial charge < -0.3 is 10.4 Å². The predicted octanol–water partition coefficient (Wildman–Crippen LogP) is 0.393. The molecule has 1 saturated carbocycles. The number of aliphatic carboxylic acids is 1. The van der Waals surface area contributed by atoms with E-state index in [1.54, 1.807) is 31.8 Å². The van der Waals surface area contributed by atoms with Gasteiger partial charge >= 0.3 is 5.97 Å². The summed E-state index contributed by atoms with van der Waals surface area (Å²) in [6.45, 7) is 3.98. The zero-order valence-electron chi connectivity index (χ0n) is 10.7. The summed E-state index contributed by atoms with van der Waals surface area (Å²) in [6.07, 6.45) is 1.66. The van der Waals surface area contributed by atoms with Crippen molar-refractivity contribution in [3.63, 3.8) is 0 Å². The second kappa shape index (κ2) is 4.12. The van der Waals surface area contributed by atoms with E-state index in [0.717, 1.165) is 5.69 Å². The average Bonchev–Trinajstić information content (AvgIpc) is 2.62. The molecule has 1 aliphatic rings. The van der Waals surface area contributed by atoms with Gasteiger partial charge in [-0.25, -0.2) is 0 Å². The van der Waals surface area contributed by atoms with Crippen molar-refractivity contribution < 1.29 is 14.7 Å². The maximum absolute atomic E-state index is 11.9. The summed E-state index contributed by atoms with van der Waals surface area (Å²) in [6, 6.07) is 1.81. The SMILES string of the molecule is Cn1nccc1CNC(=O)C1C(C(=O)O)C1(C)C. The first kappa shape index (κ1) is 12.6. The fourth-order valence-corrected chi connectivity index (χ4v) is 2.45. The minimum absolute atomic E-state index is 0.200. The zero-order chi connectivity index (χ0) is 13.5. The standard InChI is InChI=1S/C12H17N3O3/c1-12(2)8(9(12)11(17)18)10(16)13-6-7-4-5-14-15(7)3/h4-5,8-9H,6H2,1-3H3,(H,13,16)(H,17,18). The van der Waals surface area contributed by atoms with Crippen LogP contribution in [0.15, 0.2) is 12.3 Å². The van der Waals surface area contributed by atoms with Gasteiger partial charge in [0.1, 0.15) is 0 Å². The van der Waals surface area contributed by atoms with Gasteiger partial charge in [0, 0.05) is 13.2 Å². The molecule has 1 heterocycles. The number of rotatable bonds is 4. The summed E-state index contributed by atoms with van der Waals surface area (Å²) in [5.74, 6) is -2.12. The summed E-state index contributed by atoms with van der Waals surface area (Å²) in [7, 11) is 1.79. The van der Waals surface area contributed by atoms with Crippen molar-refractivity contribution in [2.45, 2.75) is 20.4 Å². The van der Waals surface area contributed by atoms with Crippen LogP contribution < -0.4 is 5.32 Å². The Kier molecular flexibility index (Phi) is 2.88. The third kappa shape index (κ3) is 1.98. The van der Waals surface area contributed by atoms with Crippen molar-refractivity contribution in [3.05, 3.63) is 18.0 Å². The van der Waals surface area contributed by atoms with Gasteiger partial charge in [-0.15, -0.1) is 0 Å². The van der Waals surface area contributed by atoms with Crippen LogP contribution in [0.2, 0.25) is 0 Å². The van der Waals surface area contributed by atoms with Crippen LogP contribution in [0.4, 0.5) is 0 Å². The highest BCUT2D eigenvalue weighted by atomic mass is 16.4. The Balaban J connectivity index is 1.94. The molecule has 0 radical (unpaired) electrons. The van der Waals surface area contributed by atoms with Crippen molar-refractivity contribution >= 4 is 11.9 Å². The number of carbonyl (C=O) groups is 2. The molecule has 18 heavy (non-hydrogen) atoms. The molecule has 2 N–H and O–H groups in total. The lowest BCUT2D eigenvalue weighted by molar-refractivity contribution is -0.140. The zero-order valence-corrected chi connectivity index (χ0v) is 10.7. The van der Waals surface area contributed by atoms with E-state index in [9.17, 15) is 9.59 Å². The fourth-order valence-electron chi connectivity index (χ4n) is 2.45. The van der Waals surface area contributed by atoms with Gasteiger partial charge in [0.2, 0.25) is 5.91 Å². The molecule has 6 heteroatoms. The van der Waals surface area contributed by atoms with E-state index in [2.05, 4.69) is 10.4 Å². The first-order chi connectivity index (χ1) is 8.35. The Bertz CT molecular complexity index is 493. The normalized spacial score (nSPS) is 24.6. The van der Waals surface area contributed by atoms with E-state index in [4.69, 9.17) is 5.11 Å². The molecule has 1 amide bonds. The molecule has 0 aliphatic heterocycles. The summed E-state index contributed by atoms with van der Waals surface area (Å²) < 4.78 is 1.67. The van der Waals surface area contributed by atoms with Gasteiger partial charge in [-0.3, -0.25) is 14.3 Å². The Hall–Kier alpha value is -1.85. The van der Waals surface area contributed by atoms with Crippen LogP contribution in [0.3, 0.4) is 0 Å². The minimum atomic E-state index is -0.902. The van der Waals surface area contributed by atoms with Gasteiger partial charge in [-0.05, 0) is 11.5 Å². The number of aromatic nitrogens is 2. The number of amides is 1. The van der Waals surface area contributed by atoms with Gasteiger partial charge in [-0.1, -0.05) is 13.8 Å². The van der Waals surface area contributed by atoms with Crippen molar-refractivity contribution in [2.24, 2.45) is 24.3 Å². The third-order valence-electron chi connectivity index (χ3n) is 3.74. The Morgan fingerprint density at radius 3 is 2.61 bits per heavy atom. The Morgan fingerprint density at radius 1 is 1.50 bits per heavy atom. The third-order valence-corrected chi connectivity index (χ3v) is 3.74. The molecule has 2 atom stereocenters. The summed E-state index contributed by atoms with van der Waals surface area (Å²) in [5, 5.41) is 15.8. The van der Waals surface area contributed by atoms with Crippen LogP contribution in [-0.2, 0) is 23.2 Å². The van der Waals surface area contributed by atoms with Gasteiger partial charge in [0.15, 0.2) is 0 Å². The molecule has 1 aromatic heterocycles. The van der Waals surface area contributed by atoms with Crippen LogP contribution in [0, 0.1) is 17.3 Å². The largest absolute Gasteiger partial charge is 0.481 e. The average molecular weight is 251 g/mol. The summed E-state index contributed by atoms with van der Waals surface area (Å²) >= 11 is 0. The number of aryl methyl sites for hydroxylation is 1. The Labute approximate surface area is 105 Å². The lowest BCUT2D eigenvalue weighted by atomic mass is 10.1. The Morgan fingerprint density at radius 2 is 2.17 bits per heavy atom. The van der Waals surface area contributed by atoms with E-state index < -0.39 is 23.2 Å². The molecular weight excluding hydrogens is 234 g/mol. The highest BCUT2D eigenvalue weighted by Crippen LogP contribution is 2.58. The number of nitrogens with zero attached hydrogens (tertiary/aromatic N) is 2. The fraction of sp³-hybridized carbons (Fsp3) is 0.583. The van der Waals surface area contributed by atoms with E-state index in [0.29, 0.717) is 6.54 Å².